The van der Waals surface area contributed by atoms with Crippen LogP contribution < -0.4 is 4.90 Å². The standard InChI is InChI=1S/C16H15ClN4O2/c1-10-19-20-15(23-10)16-8-21(6-12(16)7-22-9-16)14-4-13(17)3-2-11(14)5-18/h2-4,12H,6-9H2,1H3/t12-,16-/m0/s1. The number of aromatic nitrogens is 2. The zero-order chi connectivity index (χ0) is 16.0. The van der Waals surface area contributed by atoms with Crippen molar-refractivity contribution in [3.8, 4) is 6.07 Å². The smallest absolute Gasteiger partial charge is 0.227 e. The molecule has 0 saturated carbocycles. The molecule has 2 saturated heterocycles. The fourth-order valence-corrected chi connectivity index (χ4v) is 3.75. The van der Waals surface area contributed by atoms with Crippen LogP contribution in [0, 0.1) is 24.2 Å². The van der Waals surface area contributed by atoms with Crippen LogP contribution in [0.25, 0.3) is 0 Å². The summed E-state index contributed by atoms with van der Waals surface area (Å²) in [5.74, 6) is 1.44. The molecule has 2 aliphatic heterocycles. The number of ether oxygens (including phenoxy) is 1. The zero-order valence-electron chi connectivity index (χ0n) is 12.6. The maximum absolute atomic E-state index is 9.37. The number of rotatable bonds is 2. The Bertz CT molecular complexity index is 800. The van der Waals surface area contributed by atoms with Gasteiger partial charge < -0.3 is 14.1 Å². The van der Waals surface area contributed by atoms with Crippen LogP contribution in [0.1, 0.15) is 17.3 Å². The van der Waals surface area contributed by atoms with E-state index in [0.29, 0.717) is 42.1 Å². The van der Waals surface area contributed by atoms with E-state index < -0.39 is 0 Å². The van der Waals surface area contributed by atoms with E-state index in [-0.39, 0.29) is 11.3 Å². The Morgan fingerprint density at radius 1 is 1.43 bits per heavy atom. The van der Waals surface area contributed by atoms with E-state index in [1.807, 2.05) is 6.07 Å². The lowest BCUT2D eigenvalue weighted by atomic mass is 9.81. The third-order valence-electron chi connectivity index (χ3n) is 4.75. The molecule has 0 aliphatic carbocycles. The molecule has 1 aromatic heterocycles. The van der Waals surface area contributed by atoms with Crippen LogP contribution in [0.5, 0.6) is 0 Å². The average molecular weight is 331 g/mol. The van der Waals surface area contributed by atoms with Gasteiger partial charge in [0.2, 0.25) is 11.8 Å². The van der Waals surface area contributed by atoms with Gasteiger partial charge in [-0.25, -0.2) is 0 Å². The van der Waals surface area contributed by atoms with Crippen LogP contribution >= 0.6 is 11.6 Å². The van der Waals surface area contributed by atoms with Crippen molar-refractivity contribution in [1.29, 1.82) is 5.26 Å². The lowest BCUT2D eigenvalue weighted by molar-refractivity contribution is 0.166. The molecule has 0 unspecified atom stereocenters. The Hall–Kier alpha value is -2.10. The summed E-state index contributed by atoms with van der Waals surface area (Å²) in [6.07, 6.45) is 0. The van der Waals surface area contributed by atoms with Crippen molar-refractivity contribution in [2.45, 2.75) is 12.3 Å². The topological polar surface area (TPSA) is 75.2 Å². The molecular weight excluding hydrogens is 316 g/mol. The monoisotopic (exact) mass is 330 g/mol. The highest BCUT2D eigenvalue weighted by molar-refractivity contribution is 6.30. The number of hydrogen-bond acceptors (Lipinski definition) is 6. The summed E-state index contributed by atoms with van der Waals surface area (Å²) in [5, 5.41) is 18.2. The van der Waals surface area contributed by atoms with E-state index in [1.54, 1.807) is 19.1 Å². The maximum Gasteiger partial charge on any atom is 0.227 e. The molecule has 3 heterocycles. The molecule has 2 aromatic rings. The van der Waals surface area contributed by atoms with Crippen molar-refractivity contribution in [3.05, 3.63) is 40.6 Å². The highest BCUT2D eigenvalue weighted by Gasteiger charge is 2.55. The minimum absolute atomic E-state index is 0.257. The summed E-state index contributed by atoms with van der Waals surface area (Å²) in [6, 6.07) is 7.57. The second-order valence-corrected chi connectivity index (χ2v) is 6.58. The highest BCUT2D eigenvalue weighted by atomic mass is 35.5. The van der Waals surface area contributed by atoms with Gasteiger partial charge in [0.1, 0.15) is 6.07 Å². The van der Waals surface area contributed by atoms with E-state index in [0.717, 1.165) is 12.2 Å². The van der Waals surface area contributed by atoms with E-state index in [2.05, 4.69) is 21.2 Å². The van der Waals surface area contributed by atoms with Crippen LogP contribution in [0.3, 0.4) is 0 Å². The third kappa shape index (κ3) is 2.19. The first-order valence-corrected chi connectivity index (χ1v) is 7.83. The number of hydrogen-bond donors (Lipinski definition) is 0. The molecule has 1 aromatic carbocycles. The van der Waals surface area contributed by atoms with Crippen LogP contribution in [0.2, 0.25) is 5.02 Å². The predicted molar refractivity (Wildman–Crippen MR) is 83.4 cm³/mol. The van der Waals surface area contributed by atoms with E-state index in [1.165, 1.54) is 0 Å². The molecule has 2 fully saturated rings. The summed E-state index contributed by atoms with van der Waals surface area (Å²) in [4.78, 5) is 2.18. The molecule has 0 N–H and O–H groups in total. The first-order chi connectivity index (χ1) is 11.1. The van der Waals surface area contributed by atoms with Crippen molar-refractivity contribution >= 4 is 17.3 Å². The largest absolute Gasteiger partial charge is 0.425 e. The molecule has 2 atom stereocenters. The number of nitriles is 1. The predicted octanol–water partition coefficient (Wildman–Crippen LogP) is 2.31. The van der Waals surface area contributed by atoms with Gasteiger partial charge in [0, 0.05) is 31.0 Å². The van der Waals surface area contributed by atoms with Crippen LogP contribution in [-0.2, 0) is 10.2 Å². The second-order valence-electron chi connectivity index (χ2n) is 6.15. The van der Waals surface area contributed by atoms with Gasteiger partial charge in [0.25, 0.3) is 0 Å². The Balaban J connectivity index is 1.73. The lowest BCUT2D eigenvalue weighted by Gasteiger charge is -2.24. The molecular formula is C16H15ClN4O2. The SMILES string of the molecule is Cc1nnc([C@@]23COC[C@@H]2CN(c2cc(Cl)ccc2C#N)C3)o1. The van der Waals surface area contributed by atoms with Crippen molar-refractivity contribution in [3.63, 3.8) is 0 Å². The van der Waals surface area contributed by atoms with Gasteiger partial charge in [-0.2, -0.15) is 5.26 Å². The Morgan fingerprint density at radius 2 is 2.30 bits per heavy atom. The number of benzene rings is 1. The summed E-state index contributed by atoms with van der Waals surface area (Å²) in [5.41, 5.74) is 1.16. The van der Waals surface area contributed by atoms with Crippen molar-refractivity contribution in [1.82, 2.24) is 10.2 Å². The molecule has 7 heteroatoms. The number of aryl methyl sites for hydroxylation is 1. The lowest BCUT2D eigenvalue weighted by Crippen LogP contribution is -2.36. The molecule has 6 nitrogen and oxygen atoms in total. The first-order valence-electron chi connectivity index (χ1n) is 7.45. The van der Waals surface area contributed by atoms with E-state index >= 15 is 0 Å². The number of halogens is 1. The number of fused-ring (bicyclic) bond motifs is 1. The third-order valence-corrected chi connectivity index (χ3v) is 4.98. The van der Waals surface area contributed by atoms with Crippen molar-refractivity contribution in [2.24, 2.45) is 5.92 Å². The molecule has 4 rings (SSSR count). The second kappa shape index (κ2) is 5.22. The van der Waals surface area contributed by atoms with Gasteiger partial charge in [0.15, 0.2) is 0 Å². The van der Waals surface area contributed by atoms with Crippen molar-refractivity contribution in [2.75, 3.05) is 31.2 Å². The Labute approximate surface area is 138 Å². The Kier molecular flexibility index (Phi) is 3.29. The van der Waals surface area contributed by atoms with Gasteiger partial charge in [-0.05, 0) is 18.2 Å². The summed E-state index contributed by atoms with van der Waals surface area (Å²) < 4.78 is 11.4. The minimum atomic E-state index is -0.309. The van der Waals surface area contributed by atoms with Crippen LogP contribution in [0.4, 0.5) is 5.69 Å². The summed E-state index contributed by atoms with van der Waals surface area (Å²) in [6.45, 7) is 4.44. The molecule has 0 radical (unpaired) electrons. The molecule has 0 bridgehead atoms. The number of anilines is 1. The zero-order valence-corrected chi connectivity index (χ0v) is 13.4. The molecule has 0 amide bonds. The maximum atomic E-state index is 9.37. The van der Waals surface area contributed by atoms with Crippen LogP contribution in [0.15, 0.2) is 22.6 Å². The highest BCUT2D eigenvalue weighted by Crippen LogP contribution is 2.45. The fraction of sp³-hybridized carbons (Fsp3) is 0.438. The normalized spacial score (nSPS) is 26.3. The van der Waals surface area contributed by atoms with E-state index in [9.17, 15) is 5.26 Å². The van der Waals surface area contributed by atoms with Gasteiger partial charge in [0.05, 0.1) is 29.9 Å². The summed E-state index contributed by atoms with van der Waals surface area (Å²) >= 11 is 6.13. The quantitative estimate of drug-likeness (QED) is 0.841. The van der Waals surface area contributed by atoms with Crippen molar-refractivity contribution < 1.29 is 9.15 Å². The molecule has 2 aliphatic rings. The average Bonchev–Trinajstić information content (AvgIpc) is 3.20. The van der Waals surface area contributed by atoms with Gasteiger partial charge in [-0.1, -0.05) is 11.6 Å². The molecule has 0 spiro atoms. The van der Waals surface area contributed by atoms with Gasteiger partial charge in [-0.15, -0.1) is 10.2 Å². The fourth-order valence-electron chi connectivity index (χ4n) is 3.58. The van der Waals surface area contributed by atoms with Gasteiger partial charge >= 0.3 is 0 Å². The molecule has 23 heavy (non-hydrogen) atoms. The Morgan fingerprint density at radius 3 is 3.04 bits per heavy atom. The number of nitrogens with zero attached hydrogens (tertiary/aromatic N) is 4. The summed E-state index contributed by atoms with van der Waals surface area (Å²) in [7, 11) is 0. The van der Waals surface area contributed by atoms with E-state index in [4.69, 9.17) is 20.8 Å². The van der Waals surface area contributed by atoms with Gasteiger partial charge in [-0.3, -0.25) is 0 Å². The van der Waals surface area contributed by atoms with Crippen LogP contribution in [-0.4, -0.2) is 36.5 Å². The first kappa shape index (κ1) is 14.5. The minimum Gasteiger partial charge on any atom is -0.425 e. The molecule has 118 valence electrons.